The number of carboxylic acid groups (broad SMARTS) is 1. The van der Waals surface area contributed by atoms with E-state index >= 15 is 0 Å². The van der Waals surface area contributed by atoms with Gasteiger partial charge in [0.25, 0.3) is 0 Å². The van der Waals surface area contributed by atoms with E-state index in [0.29, 0.717) is 11.1 Å². The third-order valence-corrected chi connectivity index (χ3v) is 7.60. The summed E-state index contributed by atoms with van der Waals surface area (Å²) in [6, 6.07) is 14.6. The van der Waals surface area contributed by atoms with Crippen molar-refractivity contribution in [3.8, 4) is 11.1 Å². The highest BCUT2D eigenvalue weighted by atomic mass is 16.4. The first kappa shape index (κ1) is 23.7. The Balaban J connectivity index is 1.79. The highest BCUT2D eigenvalue weighted by Crippen LogP contribution is 2.50. The van der Waals surface area contributed by atoms with E-state index in [0.717, 1.165) is 35.2 Å². The van der Waals surface area contributed by atoms with Crippen LogP contribution < -0.4 is 5.73 Å². The molecule has 0 bridgehead atoms. The number of hydrogen-bond donors (Lipinski definition) is 2. The van der Waals surface area contributed by atoms with Gasteiger partial charge in [0.2, 0.25) is 0 Å². The number of aryl methyl sites for hydroxylation is 1. The topological polar surface area (TPSA) is 80.4 Å². The van der Waals surface area contributed by atoms with Gasteiger partial charge in [-0.1, -0.05) is 64.1 Å². The van der Waals surface area contributed by atoms with E-state index in [1.54, 1.807) is 31.2 Å². The van der Waals surface area contributed by atoms with E-state index in [4.69, 9.17) is 5.73 Å². The molecule has 0 aliphatic heterocycles. The van der Waals surface area contributed by atoms with Crippen LogP contribution in [0.1, 0.15) is 89.1 Å². The van der Waals surface area contributed by atoms with Gasteiger partial charge in [-0.05, 0) is 83.0 Å². The van der Waals surface area contributed by atoms with Crippen LogP contribution in [0.2, 0.25) is 0 Å². The van der Waals surface area contributed by atoms with E-state index in [1.807, 2.05) is 12.1 Å². The standard InChI is InChI=1S/C30H33NO3/c1-17-8-7-9-21(28(33)34)24(17)27(32)20-12-10-19(11-13-20)22-16-23-25(26(31)18(22)2)30(5,6)15-14-29(23,3)4/h7-13,16H,14-15,31H2,1-6H3,(H,33,34). The summed E-state index contributed by atoms with van der Waals surface area (Å²) in [4.78, 5) is 24.9. The van der Waals surface area contributed by atoms with Gasteiger partial charge in [-0.15, -0.1) is 0 Å². The maximum atomic E-state index is 13.2. The minimum absolute atomic E-state index is 0.0252. The smallest absolute Gasteiger partial charge is 0.336 e. The third kappa shape index (κ3) is 3.81. The molecule has 1 aliphatic carbocycles. The van der Waals surface area contributed by atoms with Crippen molar-refractivity contribution in [1.29, 1.82) is 0 Å². The van der Waals surface area contributed by atoms with Crippen molar-refractivity contribution in [3.05, 3.63) is 87.5 Å². The number of carboxylic acids is 1. The zero-order chi connectivity index (χ0) is 25.0. The van der Waals surface area contributed by atoms with Crippen molar-refractivity contribution < 1.29 is 14.7 Å². The summed E-state index contributed by atoms with van der Waals surface area (Å²) in [7, 11) is 0. The predicted octanol–water partition coefficient (Wildman–Crippen LogP) is 6.83. The Labute approximate surface area is 201 Å². The van der Waals surface area contributed by atoms with Gasteiger partial charge in [-0.3, -0.25) is 4.79 Å². The number of benzene rings is 3. The number of ketones is 1. The van der Waals surface area contributed by atoms with Crippen LogP contribution in [0, 0.1) is 13.8 Å². The van der Waals surface area contributed by atoms with E-state index in [2.05, 4.69) is 40.7 Å². The first-order chi connectivity index (χ1) is 15.8. The predicted molar refractivity (Wildman–Crippen MR) is 138 cm³/mol. The van der Waals surface area contributed by atoms with E-state index in [1.165, 1.54) is 17.2 Å². The number of aromatic carboxylic acids is 1. The van der Waals surface area contributed by atoms with Gasteiger partial charge >= 0.3 is 5.97 Å². The van der Waals surface area contributed by atoms with E-state index in [-0.39, 0.29) is 27.7 Å². The first-order valence-corrected chi connectivity index (χ1v) is 11.8. The van der Waals surface area contributed by atoms with Crippen molar-refractivity contribution in [2.45, 2.75) is 65.2 Å². The van der Waals surface area contributed by atoms with Crippen LogP contribution in [0.15, 0.2) is 48.5 Å². The monoisotopic (exact) mass is 455 g/mol. The lowest BCUT2D eigenvalue weighted by Crippen LogP contribution is -2.35. The van der Waals surface area contributed by atoms with Gasteiger partial charge in [-0.2, -0.15) is 0 Å². The fourth-order valence-electron chi connectivity index (χ4n) is 5.34. The van der Waals surface area contributed by atoms with Crippen LogP contribution in [0.25, 0.3) is 11.1 Å². The second-order valence-electron chi connectivity index (χ2n) is 10.9. The third-order valence-electron chi connectivity index (χ3n) is 7.60. The van der Waals surface area contributed by atoms with Crippen molar-refractivity contribution >= 4 is 17.4 Å². The van der Waals surface area contributed by atoms with Crippen LogP contribution in [0.4, 0.5) is 5.69 Å². The number of carbonyl (C=O) groups excluding carboxylic acids is 1. The van der Waals surface area contributed by atoms with Crippen LogP contribution in [-0.2, 0) is 10.8 Å². The number of nitrogens with two attached hydrogens (primary N) is 1. The molecule has 1 aliphatic rings. The highest BCUT2D eigenvalue weighted by Gasteiger charge is 2.39. The lowest BCUT2D eigenvalue weighted by molar-refractivity contribution is 0.0692. The van der Waals surface area contributed by atoms with Gasteiger partial charge in [0.15, 0.2) is 5.78 Å². The number of fused-ring (bicyclic) bond motifs is 1. The molecule has 0 fully saturated rings. The second-order valence-corrected chi connectivity index (χ2v) is 10.9. The molecule has 0 spiro atoms. The Kier molecular flexibility index (Phi) is 5.67. The van der Waals surface area contributed by atoms with Gasteiger partial charge < -0.3 is 10.8 Å². The minimum Gasteiger partial charge on any atom is -0.478 e. The number of nitrogen functional groups attached to an aromatic ring is 1. The molecule has 0 saturated heterocycles. The lowest BCUT2D eigenvalue weighted by Gasteiger charge is -2.43. The Morgan fingerprint density at radius 1 is 0.912 bits per heavy atom. The average molecular weight is 456 g/mol. The van der Waals surface area contributed by atoms with Crippen molar-refractivity contribution in [1.82, 2.24) is 0 Å². The second kappa shape index (κ2) is 8.12. The molecular formula is C30H33NO3. The lowest BCUT2D eigenvalue weighted by atomic mass is 9.62. The SMILES string of the molecule is Cc1cccc(C(=O)O)c1C(=O)c1ccc(-c2cc3c(c(N)c2C)C(C)(C)CCC3(C)C)cc1. The molecule has 0 aromatic heterocycles. The van der Waals surface area contributed by atoms with Gasteiger partial charge in [0.1, 0.15) is 0 Å². The van der Waals surface area contributed by atoms with Crippen LogP contribution in [0.5, 0.6) is 0 Å². The quantitative estimate of drug-likeness (QED) is 0.334. The molecule has 176 valence electrons. The Morgan fingerprint density at radius 2 is 1.53 bits per heavy atom. The summed E-state index contributed by atoms with van der Waals surface area (Å²) in [5.74, 6) is -1.39. The molecule has 0 heterocycles. The molecule has 34 heavy (non-hydrogen) atoms. The molecule has 4 heteroatoms. The van der Waals surface area contributed by atoms with Crippen LogP contribution in [-0.4, -0.2) is 16.9 Å². The number of carbonyl (C=O) groups is 2. The Hall–Kier alpha value is -3.40. The molecule has 3 N–H and O–H groups in total. The summed E-state index contributed by atoms with van der Waals surface area (Å²) < 4.78 is 0. The molecule has 0 unspecified atom stereocenters. The number of hydrogen-bond acceptors (Lipinski definition) is 3. The summed E-state index contributed by atoms with van der Waals surface area (Å²) in [5.41, 5.74) is 14.7. The van der Waals surface area contributed by atoms with Crippen molar-refractivity contribution in [3.63, 3.8) is 0 Å². The van der Waals surface area contributed by atoms with E-state index in [9.17, 15) is 14.7 Å². The molecular weight excluding hydrogens is 422 g/mol. The molecule has 3 aromatic carbocycles. The highest BCUT2D eigenvalue weighted by molar-refractivity contribution is 6.15. The molecule has 4 nitrogen and oxygen atoms in total. The summed E-state index contributed by atoms with van der Waals surface area (Å²) in [6.45, 7) is 12.9. The fraction of sp³-hybridized carbons (Fsp3) is 0.333. The van der Waals surface area contributed by atoms with Crippen LogP contribution in [0.3, 0.4) is 0 Å². The maximum absolute atomic E-state index is 13.2. The summed E-state index contributed by atoms with van der Waals surface area (Å²) in [5, 5.41) is 9.55. The van der Waals surface area contributed by atoms with Gasteiger partial charge in [0.05, 0.1) is 5.56 Å². The molecule has 0 radical (unpaired) electrons. The summed E-state index contributed by atoms with van der Waals surface area (Å²) in [6.07, 6.45) is 2.20. The van der Waals surface area contributed by atoms with Crippen LogP contribution >= 0.6 is 0 Å². The normalized spacial score (nSPS) is 16.1. The molecule has 3 aromatic rings. The van der Waals surface area contributed by atoms with Gasteiger partial charge in [-0.25, -0.2) is 4.79 Å². The fourth-order valence-corrected chi connectivity index (χ4v) is 5.34. The van der Waals surface area contributed by atoms with Crippen molar-refractivity contribution in [2.24, 2.45) is 0 Å². The zero-order valence-electron chi connectivity index (χ0n) is 20.9. The first-order valence-electron chi connectivity index (χ1n) is 11.8. The Morgan fingerprint density at radius 3 is 2.15 bits per heavy atom. The van der Waals surface area contributed by atoms with Crippen molar-refractivity contribution in [2.75, 3.05) is 5.73 Å². The molecule has 0 amide bonds. The van der Waals surface area contributed by atoms with E-state index < -0.39 is 5.97 Å². The molecule has 0 atom stereocenters. The van der Waals surface area contributed by atoms with Gasteiger partial charge in [0, 0.05) is 16.8 Å². The number of rotatable bonds is 4. The maximum Gasteiger partial charge on any atom is 0.336 e. The Bertz CT molecular complexity index is 1310. The zero-order valence-corrected chi connectivity index (χ0v) is 20.9. The largest absolute Gasteiger partial charge is 0.478 e. The molecule has 0 saturated carbocycles. The minimum atomic E-state index is -1.10. The number of anilines is 1. The summed E-state index contributed by atoms with van der Waals surface area (Å²) >= 11 is 0. The molecule has 4 rings (SSSR count). The average Bonchev–Trinajstić information content (AvgIpc) is 2.78.